The molecule has 0 spiro atoms. The lowest BCUT2D eigenvalue weighted by Gasteiger charge is -2.20. The third kappa shape index (κ3) is 3.46. The van der Waals surface area contributed by atoms with Crippen LogP contribution in [0.3, 0.4) is 0 Å². The van der Waals surface area contributed by atoms with Crippen LogP contribution in [0.25, 0.3) is 0 Å². The second-order valence-corrected chi connectivity index (χ2v) is 8.88. The smallest absolute Gasteiger partial charge is 0.262 e. The van der Waals surface area contributed by atoms with Crippen molar-refractivity contribution in [1.29, 1.82) is 0 Å². The Morgan fingerprint density at radius 1 is 0.926 bits per heavy atom. The van der Waals surface area contributed by atoms with Crippen molar-refractivity contribution in [3.8, 4) is 0 Å². The third-order valence-corrected chi connectivity index (χ3v) is 7.34. The molecule has 2 aromatic rings. The fourth-order valence-corrected chi connectivity index (χ4v) is 5.39. The van der Waals surface area contributed by atoms with Gasteiger partial charge in [-0.3, -0.25) is 9.52 Å². The normalized spacial score (nSPS) is 14.7. The molecule has 0 aromatic heterocycles. The highest BCUT2D eigenvalue weighted by atomic mass is 32.2. The molecule has 1 N–H and O–H groups in total. The van der Waals surface area contributed by atoms with Gasteiger partial charge in [0.05, 0.1) is 10.6 Å². The van der Waals surface area contributed by atoms with Gasteiger partial charge in [0.1, 0.15) is 0 Å². The quantitative estimate of drug-likeness (QED) is 0.858. The number of sulfonamides is 1. The fourth-order valence-electron chi connectivity index (χ4n) is 3.73. The van der Waals surface area contributed by atoms with Gasteiger partial charge in [-0.15, -0.1) is 0 Å². The number of rotatable bonds is 4. The molecule has 1 fully saturated rings. The van der Waals surface area contributed by atoms with E-state index < -0.39 is 10.0 Å². The minimum atomic E-state index is -3.74. The van der Waals surface area contributed by atoms with Crippen LogP contribution in [0.1, 0.15) is 40.7 Å². The van der Waals surface area contributed by atoms with E-state index in [1.54, 1.807) is 23.1 Å². The molecule has 1 heterocycles. The Morgan fingerprint density at radius 2 is 1.52 bits per heavy atom. The molecule has 144 valence electrons. The van der Waals surface area contributed by atoms with Gasteiger partial charge in [-0.2, -0.15) is 0 Å². The van der Waals surface area contributed by atoms with Crippen LogP contribution >= 0.6 is 0 Å². The molecule has 0 bridgehead atoms. The van der Waals surface area contributed by atoms with Gasteiger partial charge in [-0.05, 0) is 87.1 Å². The molecule has 6 heteroatoms. The van der Waals surface area contributed by atoms with Crippen LogP contribution in [0.15, 0.2) is 29.2 Å². The Morgan fingerprint density at radius 3 is 2.07 bits per heavy atom. The van der Waals surface area contributed by atoms with E-state index in [9.17, 15) is 13.2 Å². The minimum absolute atomic E-state index is 0.0754. The van der Waals surface area contributed by atoms with Crippen LogP contribution < -0.4 is 9.62 Å². The number of benzene rings is 2. The zero-order chi connectivity index (χ0) is 19.9. The molecule has 3 rings (SSSR count). The molecule has 2 aromatic carbocycles. The van der Waals surface area contributed by atoms with Gasteiger partial charge in [0.25, 0.3) is 10.0 Å². The first kappa shape index (κ1) is 19.4. The summed E-state index contributed by atoms with van der Waals surface area (Å²) in [6.45, 7) is 10.3. The van der Waals surface area contributed by atoms with Crippen molar-refractivity contribution in [2.45, 2.75) is 52.4 Å². The van der Waals surface area contributed by atoms with E-state index in [0.717, 1.165) is 39.9 Å². The van der Waals surface area contributed by atoms with Gasteiger partial charge >= 0.3 is 0 Å². The first-order valence-corrected chi connectivity index (χ1v) is 10.6. The first-order valence-electron chi connectivity index (χ1n) is 9.13. The number of carbonyl (C=O) groups excluding carboxylic acids is 1. The number of nitrogens with zero attached hydrogens (tertiary/aromatic N) is 1. The largest absolute Gasteiger partial charge is 0.312 e. The maximum Gasteiger partial charge on any atom is 0.262 e. The number of anilines is 2. The van der Waals surface area contributed by atoms with E-state index in [2.05, 4.69) is 4.72 Å². The molecule has 5 nitrogen and oxygen atoms in total. The summed E-state index contributed by atoms with van der Waals surface area (Å²) in [5, 5.41) is 0. The zero-order valence-corrected chi connectivity index (χ0v) is 17.3. The van der Waals surface area contributed by atoms with Crippen molar-refractivity contribution in [2.75, 3.05) is 16.2 Å². The lowest BCUT2D eigenvalue weighted by Crippen LogP contribution is -2.24. The molecule has 1 aliphatic heterocycles. The van der Waals surface area contributed by atoms with E-state index in [1.165, 1.54) is 0 Å². The van der Waals surface area contributed by atoms with Crippen LogP contribution in [0.5, 0.6) is 0 Å². The number of hydrogen-bond donors (Lipinski definition) is 1. The molecule has 1 aliphatic rings. The Labute approximate surface area is 161 Å². The average molecular weight is 387 g/mol. The van der Waals surface area contributed by atoms with Crippen molar-refractivity contribution in [2.24, 2.45) is 0 Å². The highest BCUT2D eigenvalue weighted by molar-refractivity contribution is 7.92. The molecule has 0 atom stereocenters. The van der Waals surface area contributed by atoms with Crippen molar-refractivity contribution in [3.05, 3.63) is 52.1 Å². The summed E-state index contributed by atoms with van der Waals surface area (Å²) in [5.74, 6) is 0.0754. The summed E-state index contributed by atoms with van der Waals surface area (Å²) < 4.78 is 29.0. The summed E-state index contributed by atoms with van der Waals surface area (Å²) in [6.07, 6.45) is 1.37. The standard InChI is InChI=1S/C21H26N2O3S/c1-13-14(2)16(4)21(17(5)15(13)3)27(25,26)22-18-8-6-9-19(12-18)23-11-7-10-20(23)24/h6,8-9,12,22H,7,10-11H2,1-5H3. The summed E-state index contributed by atoms with van der Waals surface area (Å²) in [4.78, 5) is 14.0. The number of nitrogens with one attached hydrogen (secondary N) is 1. The molecule has 0 saturated carbocycles. The molecule has 0 unspecified atom stereocenters. The Hall–Kier alpha value is -2.34. The van der Waals surface area contributed by atoms with Crippen LogP contribution in [-0.2, 0) is 14.8 Å². The maximum atomic E-state index is 13.2. The summed E-state index contributed by atoms with van der Waals surface area (Å²) in [6, 6.07) is 7.03. The van der Waals surface area contributed by atoms with Gasteiger partial charge in [0, 0.05) is 18.7 Å². The minimum Gasteiger partial charge on any atom is -0.312 e. The van der Waals surface area contributed by atoms with Crippen molar-refractivity contribution in [1.82, 2.24) is 0 Å². The fraction of sp³-hybridized carbons (Fsp3) is 0.381. The van der Waals surface area contributed by atoms with Crippen molar-refractivity contribution in [3.63, 3.8) is 0 Å². The number of amides is 1. The second-order valence-electron chi connectivity index (χ2n) is 7.26. The molecular weight excluding hydrogens is 360 g/mol. The van der Waals surface area contributed by atoms with E-state index in [4.69, 9.17) is 0 Å². The van der Waals surface area contributed by atoms with Gasteiger partial charge < -0.3 is 4.90 Å². The highest BCUT2D eigenvalue weighted by Crippen LogP contribution is 2.31. The highest BCUT2D eigenvalue weighted by Gasteiger charge is 2.25. The van der Waals surface area contributed by atoms with Gasteiger partial charge in [0.15, 0.2) is 0 Å². The zero-order valence-electron chi connectivity index (χ0n) is 16.5. The lowest BCUT2D eigenvalue weighted by atomic mass is 9.95. The van der Waals surface area contributed by atoms with Gasteiger partial charge in [0.2, 0.25) is 5.91 Å². The molecule has 0 aliphatic carbocycles. The van der Waals surface area contributed by atoms with Crippen LogP contribution in [0.4, 0.5) is 11.4 Å². The van der Waals surface area contributed by atoms with Crippen LogP contribution in [0.2, 0.25) is 0 Å². The van der Waals surface area contributed by atoms with Crippen LogP contribution in [0, 0.1) is 34.6 Å². The second kappa shape index (κ2) is 7.00. The van der Waals surface area contributed by atoms with E-state index in [0.29, 0.717) is 23.5 Å². The SMILES string of the molecule is Cc1c(C)c(C)c(S(=O)(=O)Nc2cccc(N3CCCC3=O)c2)c(C)c1C. The predicted octanol–water partition coefficient (Wildman–Crippen LogP) is 4.16. The van der Waals surface area contributed by atoms with Crippen molar-refractivity contribution < 1.29 is 13.2 Å². The van der Waals surface area contributed by atoms with E-state index >= 15 is 0 Å². The summed E-state index contributed by atoms with van der Waals surface area (Å²) >= 11 is 0. The van der Waals surface area contributed by atoms with Crippen molar-refractivity contribution >= 4 is 27.3 Å². The first-order chi connectivity index (χ1) is 12.6. The Bertz CT molecular complexity index is 997. The molecular formula is C21H26N2O3S. The summed E-state index contributed by atoms with van der Waals surface area (Å²) in [7, 11) is -3.74. The topological polar surface area (TPSA) is 66.5 Å². The van der Waals surface area contributed by atoms with Crippen LogP contribution in [-0.4, -0.2) is 20.9 Å². The molecule has 27 heavy (non-hydrogen) atoms. The van der Waals surface area contributed by atoms with Gasteiger partial charge in [-0.25, -0.2) is 8.42 Å². The molecule has 0 radical (unpaired) electrons. The molecule has 1 saturated heterocycles. The third-order valence-electron chi connectivity index (χ3n) is 5.68. The molecule has 1 amide bonds. The maximum absolute atomic E-state index is 13.2. The Kier molecular flexibility index (Phi) is 5.04. The lowest BCUT2D eigenvalue weighted by molar-refractivity contribution is -0.117. The van der Waals surface area contributed by atoms with Gasteiger partial charge in [-0.1, -0.05) is 6.07 Å². The number of carbonyl (C=O) groups is 1. The Balaban J connectivity index is 2.00. The predicted molar refractivity (Wildman–Crippen MR) is 109 cm³/mol. The number of hydrogen-bond acceptors (Lipinski definition) is 3. The van der Waals surface area contributed by atoms with E-state index in [1.807, 2.05) is 40.7 Å². The monoisotopic (exact) mass is 386 g/mol. The average Bonchev–Trinajstić information content (AvgIpc) is 3.04. The van der Waals surface area contributed by atoms with E-state index in [-0.39, 0.29) is 5.91 Å². The summed E-state index contributed by atoms with van der Waals surface area (Å²) in [5.41, 5.74) is 5.84.